The molecule has 0 radical (unpaired) electrons. The maximum absolute atomic E-state index is 5.17. The Bertz CT molecular complexity index is 676. The second-order valence-electron chi connectivity index (χ2n) is 3.25. The van der Waals surface area contributed by atoms with Crippen LogP contribution >= 0.6 is 0 Å². The number of nitrogens with zero attached hydrogens (tertiary/aromatic N) is 6. The molecule has 0 aliphatic carbocycles. The van der Waals surface area contributed by atoms with Crippen molar-refractivity contribution in [1.29, 1.82) is 0 Å². The molecule has 3 heterocycles. The normalized spacial score (nSPS) is 11.1. The average Bonchev–Trinajstić information content (AvgIpc) is 2.70. The lowest BCUT2D eigenvalue weighted by Crippen LogP contribution is -2.01. The third-order valence-electron chi connectivity index (χ3n) is 2.29. The number of methoxy groups -OCH3 is 1. The smallest absolute Gasteiger partial charge is 0.260 e. The number of hydrogen-bond acceptors (Lipinski definition) is 6. The van der Waals surface area contributed by atoms with E-state index in [1.165, 1.54) is 0 Å². The quantitative estimate of drug-likeness (QED) is 0.585. The van der Waals surface area contributed by atoms with Crippen LogP contribution in [-0.4, -0.2) is 36.9 Å². The van der Waals surface area contributed by atoms with E-state index in [1.807, 2.05) is 6.92 Å². The predicted molar refractivity (Wildman–Crippen MR) is 55.2 cm³/mol. The van der Waals surface area contributed by atoms with E-state index in [0.29, 0.717) is 28.4 Å². The summed E-state index contributed by atoms with van der Waals surface area (Å²) in [6.07, 6.45) is 3.19. The summed E-state index contributed by atoms with van der Waals surface area (Å²) in [5.41, 5.74) is 1.81. The fourth-order valence-electron chi connectivity index (χ4n) is 1.56. The maximum atomic E-state index is 5.17. The number of hydrogen-bond donors (Lipinski definition) is 0. The standard InChI is InChI=1S/C9H8N6O/c1-5-12-13-8-6-7(11-4-3-10-6)9(16-2)14-15(5)8/h3-4H,1-2H3. The largest absolute Gasteiger partial charge is 0.478 e. The van der Waals surface area contributed by atoms with Gasteiger partial charge in [-0.1, -0.05) is 0 Å². The molecule has 3 aromatic heterocycles. The molecular formula is C9H8N6O. The summed E-state index contributed by atoms with van der Waals surface area (Å²) in [7, 11) is 1.54. The summed E-state index contributed by atoms with van der Waals surface area (Å²) >= 11 is 0. The molecule has 16 heavy (non-hydrogen) atoms. The lowest BCUT2D eigenvalue weighted by Gasteiger charge is -2.03. The van der Waals surface area contributed by atoms with E-state index in [4.69, 9.17) is 4.74 Å². The van der Waals surface area contributed by atoms with Crippen LogP contribution in [0.2, 0.25) is 0 Å². The molecule has 0 N–H and O–H groups in total. The highest BCUT2D eigenvalue weighted by molar-refractivity contribution is 5.89. The Morgan fingerprint density at radius 2 is 1.88 bits per heavy atom. The summed E-state index contributed by atoms with van der Waals surface area (Å²) in [5, 5.41) is 12.2. The van der Waals surface area contributed by atoms with Gasteiger partial charge in [-0.3, -0.25) is 0 Å². The van der Waals surface area contributed by atoms with Crippen LogP contribution in [0.4, 0.5) is 0 Å². The van der Waals surface area contributed by atoms with Gasteiger partial charge in [0, 0.05) is 12.4 Å². The molecule has 7 heteroatoms. The monoisotopic (exact) mass is 216 g/mol. The van der Waals surface area contributed by atoms with Gasteiger partial charge in [0.05, 0.1) is 7.11 Å². The Morgan fingerprint density at radius 1 is 1.12 bits per heavy atom. The van der Waals surface area contributed by atoms with Gasteiger partial charge in [0.25, 0.3) is 5.88 Å². The van der Waals surface area contributed by atoms with Gasteiger partial charge < -0.3 is 4.74 Å². The zero-order valence-electron chi connectivity index (χ0n) is 8.75. The molecular weight excluding hydrogens is 208 g/mol. The predicted octanol–water partition coefficient (Wildman–Crippen LogP) is 0.385. The Balaban J connectivity index is 2.58. The van der Waals surface area contributed by atoms with Crippen LogP contribution in [0, 0.1) is 6.92 Å². The minimum absolute atomic E-state index is 0.415. The minimum atomic E-state index is 0.415. The summed E-state index contributed by atoms with van der Waals surface area (Å²) in [6, 6.07) is 0. The van der Waals surface area contributed by atoms with Crippen LogP contribution in [0.3, 0.4) is 0 Å². The lowest BCUT2D eigenvalue weighted by molar-refractivity contribution is 0.394. The van der Waals surface area contributed by atoms with E-state index in [1.54, 1.807) is 24.0 Å². The van der Waals surface area contributed by atoms with Gasteiger partial charge in [-0.25, -0.2) is 9.97 Å². The first-order chi connectivity index (χ1) is 7.81. The molecule has 0 saturated carbocycles. The first kappa shape index (κ1) is 8.96. The highest BCUT2D eigenvalue weighted by Gasteiger charge is 2.14. The highest BCUT2D eigenvalue weighted by Crippen LogP contribution is 2.21. The van der Waals surface area contributed by atoms with Gasteiger partial charge in [-0.05, 0) is 6.92 Å². The fraction of sp³-hybridized carbons (Fsp3) is 0.222. The number of ether oxygens (including phenoxy) is 1. The highest BCUT2D eigenvalue weighted by atomic mass is 16.5. The van der Waals surface area contributed by atoms with Crippen molar-refractivity contribution in [2.24, 2.45) is 0 Å². The first-order valence-corrected chi connectivity index (χ1v) is 4.68. The van der Waals surface area contributed by atoms with E-state index < -0.39 is 0 Å². The van der Waals surface area contributed by atoms with Gasteiger partial charge in [-0.2, -0.15) is 4.52 Å². The molecule has 0 saturated heterocycles. The van der Waals surface area contributed by atoms with Gasteiger partial charge in [0.1, 0.15) is 5.52 Å². The van der Waals surface area contributed by atoms with E-state index in [-0.39, 0.29) is 0 Å². The molecule has 7 nitrogen and oxygen atoms in total. The molecule has 0 aliphatic rings. The van der Waals surface area contributed by atoms with Crippen molar-refractivity contribution in [2.45, 2.75) is 6.92 Å². The van der Waals surface area contributed by atoms with E-state index >= 15 is 0 Å². The molecule has 0 unspecified atom stereocenters. The molecule has 0 atom stereocenters. The van der Waals surface area contributed by atoms with E-state index in [9.17, 15) is 0 Å². The van der Waals surface area contributed by atoms with Gasteiger partial charge in [-0.15, -0.1) is 15.3 Å². The minimum Gasteiger partial charge on any atom is -0.478 e. The molecule has 0 bridgehead atoms. The molecule has 0 aliphatic heterocycles. The molecule has 80 valence electrons. The van der Waals surface area contributed by atoms with E-state index in [2.05, 4.69) is 25.3 Å². The van der Waals surface area contributed by atoms with Gasteiger partial charge >= 0.3 is 0 Å². The zero-order chi connectivity index (χ0) is 11.1. The first-order valence-electron chi connectivity index (χ1n) is 4.68. The summed E-state index contributed by atoms with van der Waals surface area (Å²) in [4.78, 5) is 8.41. The average molecular weight is 216 g/mol. The second kappa shape index (κ2) is 3.09. The number of aryl methyl sites for hydroxylation is 1. The fourth-order valence-corrected chi connectivity index (χ4v) is 1.56. The van der Waals surface area contributed by atoms with Crippen molar-refractivity contribution >= 4 is 16.7 Å². The van der Waals surface area contributed by atoms with Crippen molar-refractivity contribution in [3.63, 3.8) is 0 Å². The lowest BCUT2D eigenvalue weighted by atomic mass is 10.4. The van der Waals surface area contributed by atoms with E-state index in [0.717, 1.165) is 0 Å². The SMILES string of the molecule is COc1nn2c(C)nnc2c2nccnc12. The van der Waals surface area contributed by atoms with Gasteiger partial charge in [0.15, 0.2) is 11.3 Å². The van der Waals surface area contributed by atoms with Crippen molar-refractivity contribution < 1.29 is 4.74 Å². The number of rotatable bonds is 1. The van der Waals surface area contributed by atoms with Crippen molar-refractivity contribution in [3.05, 3.63) is 18.2 Å². The zero-order valence-corrected chi connectivity index (χ0v) is 8.75. The third-order valence-corrected chi connectivity index (χ3v) is 2.29. The number of fused-ring (bicyclic) bond motifs is 3. The van der Waals surface area contributed by atoms with Crippen LogP contribution in [0.1, 0.15) is 5.82 Å². The van der Waals surface area contributed by atoms with Crippen LogP contribution in [-0.2, 0) is 0 Å². The molecule has 0 fully saturated rings. The molecule has 0 spiro atoms. The van der Waals surface area contributed by atoms with Crippen molar-refractivity contribution in [2.75, 3.05) is 7.11 Å². The Morgan fingerprint density at radius 3 is 2.62 bits per heavy atom. The van der Waals surface area contributed by atoms with Crippen LogP contribution < -0.4 is 4.74 Å². The van der Waals surface area contributed by atoms with Crippen molar-refractivity contribution in [1.82, 2.24) is 29.8 Å². The Labute approximate surface area is 90.1 Å². The second-order valence-corrected chi connectivity index (χ2v) is 3.25. The Hall–Kier alpha value is -2.31. The Kier molecular flexibility index (Phi) is 1.73. The van der Waals surface area contributed by atoms with Crippen molar-refractivity contribution in [3.8, 4) is 5.88 Å². The summed E-state index contributed by atoms with van der Waals surface area (Å²) in [6.45, 7) is 1.81. The molecule has 3 rings (SSSR count). The van der Waals surface area contributed by atoms with Crippen LogP contribution in [0.5, 0.6) is 5.88 Å². The number of aromatic nitrogens is 6. The molecule has 3 aromatic rings. The molecule has 0 aromatic carbocycles. The maximum Gasteiger partial charge on any atom is 0.260 e. The third kappa shape index (κ3) is 1.05. The summed E-state index contributed by atoms with van der Waals surface area (Å²) < 4.78 is 6.76. The van der Waals surface area contributed by atoms with Gasteiger partial charge in [0.2, 0.25) is 5.65 Å². The van der Waals surface area contributed by atoms with Crippen LogP contribution in [0.15, 0.2) is 12.4 Å². The molecule has 0 amide bonds. The van der Waals surface area contributed by atoms with Crippen LogP contribution in [0.25, 0.3) is 16.7 Å². The summed E-state index contributed by atoms with van der Waals surface area (Å²) in [5.74, 6) is 1.10. The topological polar surface area (TPSA) is 78.1 Å².